The number of aliphatic carboxylic acids is 1. The third-order valence-electron chi connectivity index (χ3n) is 2.60. The first-order valence-corrected chi connectivity index (χ1v) is 8.04. The van der Waals surface area contributed by atoms with E-state index in [1.54, 1.807) is 0 Å². The number of carbonyl (C=O) groups excluding carboxylic acids is 1. The van der Waals surface area contributed by atoms with Gasteiger partial charge in [0.15, 0.2) is 9.84 Å². The Bertz CT molecular complexity index is 608. The van der Waals surface area contributed by atoms with Gasteiger partial charge in [0.05, 0.1) is 17.9 Å². The van der Waals surface area contributed by atoms with Gasteiger partial charge < -0.3 is 15.2 Å². The van der Waals surface area contributed by atoms with Crippen molar-refractivity contribution in [2.24, 2.45) is 0 Å². The van der Waals surface area contributed by atoms with Crippen LogP contribution in [0.15, 0.2) is 29.2 Å². The molecule has 1 rings (SSSR count). The highest BCUT2D eigenvalue weighted by atomic mass is 32.2. The molecule has 0 aromatic heterocycles. The molecule has 0 fully saturated rings. The summed E-state index contributed by atoms with van der Waals surface area (Å²) in [5, 5.41) is 10.9. The highest BCUT2D eigenvalue weighted by Crippen LogP contribution is 2.15. The molecule has 0 aliphatic carbocycles. The zero-order chi connectivity index (χ0) is 16.0. The van der Waals surface area contributed by atoms with Crippen LogP contribution in [-0.4, -0.2) is 44.3 Å². The summed E-state index contributed by atoms with van der Waals surface area (Å²) >= 11 is 0. The van der Waals surface area contributed by atoms with Crippen molar-refractivity contribution in [1.29, 1.82) is 0 Å². The average molecular weight is 315 g/mol. The maximum Gasteiger partial charge on any atom is 0.325 e. The smallest absolute Gasteiger partial charge is 0.325 e. The summed E-state index contributed by atoms with van der Waals surface area (Å²) in [7, 11) is -3.25. The summed E-state index contributed by atoms with van der Waals surface area (Å²) in [6.45, 7) is 1.43. The molecule has 1 amide bonds. The average Bonchev–Trinajstić information content (AvgIpc) is 2.38. The number of sulfone groups is 1. The molecular weight excluding hydrogens is 298 g/mol. The molecule has 7 nitrogen and oxygen atoms in total. The van der Waals surface area contributed by atoms with Gasteiger partial charge in [-0.15, -0.1) is 0 Å². The van der Waals surface area contributed by atoms with Gasteiger partial charge in [-0.05, 0) is 31.2 Å². The Balaban J connectivity index is 2.43. The Labute approximate surface area is 122 Å². The van der Waals surface area contributed by atoms with Crippen LogP contribution in [0.25, 0.3) is 0 Å². The van der Waals surface area contributed by atoms with Crippen molar-refractivity contribution in [3.05, 3.63) is 24.3 Å². The molecule has 116 valence electrons. The monoisotopic (exact) mass is 315 g/mol. The van der Waals surface area contributed by atoms with E-state index in [2.05, 4.69) is 5.32 Å². The lowest BCUT2D eigenvalue weighted by atomic mass is 10.3. The van der Waals surface area contributed by atoms with Crippen LogP contribution in [0.4, 0.5) is 0 Å². The maximum absolute atomic E-state index is 11.4. The lowest BCUT2D eigenvalue weighted by molar-refractivity contribution is -0.141. The minimum Gasteiger partial charge on any atom is -0.493 e. The van der Waals surface area contributed by atoms with E-state index >= 15 is 0 Å². The van der Waals surface area contributed by atoms with Crippen molar-refractivity contribution in [3.8, 4) is 5.75 Å². The molecular formula is C13H17NO6S. The van der Waals surface area contributed by atoms with Gasteiger partial charge in [0.1, 0.15) is 11.8 Å². The zero-order valence-electron chi connectivity index (χ0n) is 11.7. The third kappa shape index (κ3) is 5.82. The number of amides is 1. The minimum atomic E-state index is -3.25. The molecule has 0 heterocycles. The van der Waals surface area contributed by atoms with Gasteiger partial charge in [-0.25, -0.2) is 8.42 Å². The molecule has 2 N–H and O–H groups in total. The van der Waals surface area contributed by atoms with Gasteiger partial charge in [0.2, 0.25) is 5.91 Å². The number of carboxylic acid groups (broad SMARTS) is 1. The van der Waals surface area contributed by atoms with Crippen LogP contribution in [0.5, 0.6) is 5.75 Å². The first-order valence-electron chi connectivity index (χ1n) is 6.15. The van der Waals surface area contributed by atoms with Crippen LogP contribution in [0.1, 0.15) is 13.3 Å². The lowest BCUT2D eigenvalue weighted by Crippen LogP contribution is -2.38. The van der Waals surface area contributed by atoms with Crippen LogP contribution in [0.2, 0.25) is 0 Å². The van der Waals surface area contributed by atoms with E-state index in [0.717, 1.165) is 6.26 Å². The summed E-state index contributed by atoms with van der Waals surface area (Å²) in [4.78, 5) is 22.1. The van der Waals surface area contributed by atoms with Crippen LogP contribution in [0.3, 0.4) is 0 Å². The Morgan fingerprint density at radius 3 is 2.33 bits per heavy atom. The van der Waals surface area contributed by atoms with E-state index in [1.165, 1.54) is 31.2 Å². The molecule has 0 radical (unpaired) electrons. The Morgan fingerprint density at radius 1 is 1.29 bits per heavy atom. The molecule has 1 atom stereocenters. The summed E-state index contributed by atoms with van der Waals surface area (Å²) in [5.41, 5.74) is 0. The number of carboxylic acids is 1. The molecule has 1 aromatic rings. The van der Waals surface area contributed by atoms with E-state index in [4.69, 9.17) is 9.84 Å². The van der Waals surface area contributed by atoms with Gasteiger partial charge >= 0.3 is 5.97 Å². The van der Waals surface area contributed by atoms with E-state index in [-0.39, 0.29) is 17.9 Å². The number of ether oxygens (including phenoxy) is 1. The largest absolute Gasteiger partial charge is 0.493 e. The number of carbonyl (C=O) groups is 2. The van der Waals surface area contributed by atoms with Crippen molar-refractivity contribution >= 4 is 21.7 Å². The van der Waals surface area contributed by atoms with Crippen LogP contribution in [0, 0.1) is 0 Å². The van der Waals surface area contributed by atoms with Crippen molar-refractivity contribution in [2.45, 2.75) is 24.3 Å². The molecule has 1 unspecified atom stereocenters. The Morgan fingerprint density at radius 2 is 1.86 bits per heavy atom. The fourth-order valence-corrected chi connectivity index (χ4v) is 2.05. The number of nitrogens with one attached hydrogen (secondary N) is 1. The maximum atomic E-state index is 11.4. The number of hydrogen-bond acceptors (Lipinski definition) is 5. The van der Waals surface area contributed by atoms with E-state index in [0.29, 0.717) is 5.75 Å². The second-order valence-corrected chi connectivity index (χ2v) is 6.49. The SMILES string of the molecule is CC(NC(=O)CCOc1ccc(S(C)(=O)=O)cc1)C(=O)O. The van der Waals surface area contributed by atoms with E-state index in [1.807, 2.05) is 0 Å². The standard InChI is InChI=1S/C13H17NO6S/c1-9(13(16)17)14-12(15)7-8-20-10-3-5-11(6-4-10)21(2,18)19/h3-6,9H,7-8H2,1-2H3,(H,14,15)(H,16,17). The van der Waals surface area contributed by atoms with Crippen LogP contribution in [-0.2, 0) is 19.4 Å². The molecule has 0 spiro atoms. The van der Waals surface area contributed by atoms with Crippen LogP contribution >= 0.6 is 0 Å². The second-order valence-electron chi connectivity index (χ2n) is 4.47. The molecule has 0 aliphatic heterocycles. The number of hydrogen-bond donors (Lipinski definition) is 2. The zero-order valence-corrected chi connectivity index (χ0v) is 12.5. The van der Waals surface area contributed by atoms with Gasteiger partial charge in [-0.1, -0.05) is 0 Å². The Kier molecular flexibility index (Phi) is 5.71. The second kappa shape index (κ2) is 7.07. The van der Waals surface area contributed by atoms with Gasteiger partial charge in [0, 0.05) is 6.26 Å². The van der Waals surface area contributed by atoms with Crippen molar-refractivity contribution in [2.75, 3.05) is 12.9 Å². The highest BCUT2D eigenvalue weighted by Gasteiger charge is 2.13. The van der Waals surface area contributed by atoms with Crippen molar-refractivity contribution in [1.82, 2.24) is 5.32 Å². The molecule has 0 saturated carbocycles. The fraction of sp³-hybridized carbons (Fsp3) is 0.385. The summed E-state index contributed by atoms with van der Waals surface area (Å²) in [6.07, 6.45) is 1.11. The van der Waals surface area contributed by atoms with E-state index in [9.17, 15) is 18.0 Å². The lowest BCUT2D eigenvalue weighted by Gasteiger charge is -2.10. The topological polar surface area (TPSA) is 110 Å². The quantitative estimate of drug-likeness (QED) is 0.756. The first kappa shape index (κ1) is 17.0. The van der Waals surface area contributed by atoms with Gasteiger partial charge in [-0.2, -0.15) is 0 Å². The predicted molar refractivity (Wildman–Crippen MR) is 74.9 cm³/mol. The summed E-state index contributed by atoms with van der Waals surface area (Å²) < 4.78 is 27.8. The summed E-state index contributed by atoms with van der Waals surface area (Å²) in [5.74, 6) is -1.11. The highest BCUT2D eigenvalue weighted by molar-refractivity contribution is 7.90. The minimum absolute atomic E-state index is 0.00540. The van der Waals surface area contributed by atoms with Crippen molar-refractivity contribution < 1.29 is 27.9 Å². The molecule has 21 heavy (non-hydrogen) atoms. The summed E-state index contributed by atoms with van der Waals surface area (Å²) in [6, 6.07) is 4.86. The first-order chi connectivity index (χ1) is 9.70. The molecule has 0 bridgehead atoms. The normalized spacial score (nSPS) is 12.5. The molecule has 1 aromatic carbocycles. The van der Waals surface area contributed by atoms with Crippen molar-refractivity contribution in [3.63, 3.8) is 0 Å². The molecule has 0 saturated heterocycles. The fourth-order valence-electron chi connectivity index (χ4n) is 1.42. The number of rotatable bonds is 7. The van der Waals surface area contributed by atoms with Gasteiger partial charge in [-0.3, -0.25) is 9.59 Å². The number of benzene rings is 1. The third-order valence-corrected chi connectivity index (χ3v) is 3.73. The Hall–Kier alpha value is -2.09. The predicted octanol–water partition coefficient (Wildman–Crippen LogP) is 0.448. The van der Waals surface area contributed by atoms with Crippen LogP contribution < -0.4 is 10.1 Å². The van der Waals surface area contributed by atoms with Gasteiger partial charge in [0.25, 0.3) is 0 Å². The van der Waals surface area contributed by atoms with E-state index < -0.39 is 27.8 Å². The molecule has 8 heteroatoms. The molecule has 0 aliphatic rings.